The number of nitrogens with one attached hydrogen (secondary N) is 1. The fourth-order valence-electron chi connectivity index (χ4n) is 4.54. The summed E-state index contributed by atoms with van der Waals surface area (Å²) in [6, 6.07) is 20.1. The highest BCUT2D eigenvalue weighted by Gasteiger charge is 2.31. The van der Waals surface area contributed by atoms with Crippen molar-refractivity contribution in [1.82, 2.24) is 20.2 Å². The summed E-state index contributed by atoms with van der Waals surface area (Å²) >= 11 is 0. The summed E-state index contributed by atoms with van der Waals surface area (Å²) in [5, 5.41) is 3.38. The highest BCUT2D eigenvalue weighted by atomic mass is 16.2. The van der Waals surface area contributed by atoms with Gasteiger partial charge in [-0.3, -0.25) is 4.79 Å². The van der Waals surface area contributed by atoms with Gasteiger partial charge < -0.3 is 10.2 Å². The van der Waals surface area contributed by atoms with Crippen molar-refractivity contribution < 1.29 is 4.79 Å². The first-order valence-electron chi connectivity index (χ1n) is 10.7. The molecule has 1 fully saturated rings. The molecule has 1 N–H and O–H groups in total. The smallest absolute Gasteiger partial charge is 0.234 e. The molecule has 30 heavy (non-hydrogen) atoms. The molecule has 152 valence electrons. The largest absolute Gasteiger partial charge is 0.337 e. The highest BCUT2D eigenvalue weighted by molar-refractivity contribution is 5.87. The van der Waals surface area contributed by atoms with Gasteiger partial charge in [0.05, 0.1) is 11.6 Å². The lowest BCUT2D eigenvalue weighted by Crippen LogP contribution is -2.40. The van der Waals surface area contributed by atoms with Crippen LogP contribution in [0, 0.1) is 0 Å². The number of nitrogens with zero attached hydrogens (tertiary/aromatic N) is 3. The molecule has 5 nitrogen and oxygen atoms in total. The van der Waals surface area contributed by atoms with Gasteiger partial charge in [0.2, 0.25) is 5.91 Å². The van der Waals surface area contributed by atoms with E-state index in [0.717, 1.165) is 54.1 Å². The summed E-state index contributed by atoms with van der Waals surface area (Å²) in [6.07, 6.45) is 3.82. The molecule has 1 amide bonds. The van der Waals surface area contributed by atoms with E-state index in [1.54, 1.807) is 0 Å². The third-order valence-electron chi connectivity index (χ3n) is 6.20. The molecule has 3 heterocycles. The second-order valence-corrected chi connectivity index (χ2v) is 8.15. The molecular weight excluding hydrogens is 372 g/mol. The maximum absolute atomic E-state index is 13.7. The topological polar surface area (TPSA) is 58.1 Å². The number of benzene rings is 2. The number of carbonyl (C=O) groups excluding carboxylic acids is 1. The molecule has 1 saturated heterocycles. The Balaban J connectivity index is 1.40. The highest BCUT2D eigenvalue weighted by Crippen LogP contribution is 2.29. The molecule has 0 unspecified atom stereocenters. The quantitative estimate of drug-likeness (QED) is 0.733. The van der Waals surface area contributed by atoms with Crippen LogP contribution in [0.1, 0.15) is 46.5 Å². The predicted octanol–water partition coefficient (Wildman–Crippen LogP) is 3.27. The van der Waals surface area contributed by atoms with Crippen molar-refractivity contribution in [3.05, 3.63) is 95.1 Å². The fourth-order valence-corrected chi connectivity index (χ4v) is 4.54. The number of carbonyl (C=O) groups is 1. The summed E-state index contributed by atoms with van der Waals surface area (Å²) in [7, 11) is 0. The van der Waals surface area contributed by atoms with E-state index in [1.165, 1.54) is 0 Å². The summed E-state index contributed by atoms with van der Waals surface area (Å²) in [4.78, 5) is 25.1. The van der Waals surface area contributed by atoms with E-state index in [2.05, 4.69) is 10.3 Å². The minimum atomic E-state index is -0.293. The Kier molecular flexibility index (Phi) is 5.28. The van der Waals surface area contributed by atoms with E-state index in [0.29, 0.717) is 19.0 Å². The van der Waals surface area contributed by atoms with Crippen molar-refractivity contribution in [1.29, 1.82) is 0 Å². The van der Waals surface area contributed by atoms with Crippen molar-refractivity contribution in [3.8, 4) is 0 Å². The second kappa shape index (κ2) is 8.36. The Hall–Kier alpha value is -3.05. The fraction of sp³-hybridized carbons (Fsp3) is 0.320. The Morgan fingerprint density at radius 2 is 1.73 bits per heavy atom. The predicted molar refractivity (Wildman–Crippen MR) is 116 cm³/mol. The monoisotopic (exact) mass is 398 g/mol. The van der Waals surface area contributed by atoms with E-state index in [4.69, 9.17) is 4.98 Å². The lowest BCUT2D eigenvalue weighted by Gasteiger charge is -2.32. The normalized spacial score (nSPS) is 18.4. The SMILES string of the molecule is O=C(C(c1ccccc1)c1ccccc1)N1CCc2nc([C@@H]3CCNC3)ncc2C1. The van der Waals surface area contributed by atoms with Crippen LogP contribution in [-0.4, -0.2) is 40.4 Å². The third-order valence-corrected chi connectivity index (χ3v) is 6.20. The molecule has 1 aromatic heterocycles. The first kappa shape index (κ1) is 18.9. The summed E-state index contributed by atoms with van der Waals surface area (Å²) in [5.41, 5.74) is 4.23. The van der Waals surface area contributed by atoms with E-state index in [1.807, 2.05) is 71.8 Å². The lowest BCUT2D eigenvalue weighted by molar-refractivity contribution is -0.132. The van der Waals surface area contributed by atoms with Gasteiger partial charge in [-0.05, 0) is 24.1 Å². The average Bonchev–Trinajstić information content (AvgIpc) is 3.35. The maximum atomic E-state index is 13.7. The Bertz CT molecular complexity index is 976. The van der Waals surface area contributed by atoms with Crippen LogP contribution < -0.4 is 5.32 Å². The van der Waals surface area contributed by atoms with Crippen LogP contribution in [0.15, 0.2) is 66.9 Å². The van der Waals surface area contributed by atoms with Gasteiger partial charge in [0.1, 0.15) is 5.82 Å². The molecule has 0 aliphatic carbocycles. The molecule has 3 aromatic rings. The van der Waals surface area contributed by atoms with Gasteiger partial charge in [0, 0.05) is 43.7 Å². The molecule has 2 aliphatic heterocycles. The van der Waals surface area contributed by atoms with Crippen LogP contribution in [-0.2, 0) is 17.8 Å². The first-order valence-corrected chi connectivity index (χ1v) is 10.7. The van der Waals surface area contributed by atoms with Gasteiger partial charge in [-0.25, -0.2) is 9.97 Å². The van der Waals surface area contributed by atoms with Crippen molar-refractivity contribution >= 4 is 5.91 Å². The third kappa shape index (κ3) is 3.73. The molecule has 0 spiro atoms. The Morgan fingerprint density at radius 1 is 1.03 bits per heavy atom. The van der Waals surface area contributed by atoms with E-state index in [-0.39, 0.29) is 11.8 Å². The van der Waals surface area contributed by atoms with Crippen molar-refractivity contribution in [2.45, 2.75) is 31.2 Å². The zero-order valence-electron chi connectivity index (χ0n) is 17.0. The van der Waals surface area contributed by atoms with Crippen LogP contribution in [0.25, 0.3) is 0 Å². The van der Waals surface area contributed by atoms with Crippen LogP contribution >= 0.6 is 0 Å². The van der Waals surface area contributed by atoms with Crippen LogP contribution in [0.4, 0.5) is 0 Å². The maximum Gasteiger partial charge on any atom is 0.234 e. The zero-order chi connectivity index (χ0) is 20.3. The minimum Gasteiger partial charge on any atom is -0.337 e. The van der Waals surface area contributed by atoms with Crippen molar-refractivity contribution in [3.63, 3.8) is 0 Å². The summed E-state index contributed by atoms with van der Waals surface area (Å²) in [5.74, 6) is 1.21. The molecule has 5 heteroatoms. The van der Waals surface area contributed by atoms with Crippen molar-refractivity contribution in [2.75, 3.05) is 19.6 Å². The van der Waals surface area contributed by atoms with E-state index in [9.17, 15) is 4.79 Å². The van der Waals surface area contributed by atoms with Crippen LogP contribution in [0.5, 0.6) is 0 Å². The van der Waals surface area contributed by atoms with Crippen LogP contribution in [0.2, 0.25) is 0 Å². The van der Waals surface area contributed by atoms with Gasteiger partial charge in [0.25, 0.3) is 0 Å². The molecule has 5 rings (SSSR count). The number of amides is 1. The Labute approximate surface area is 177 Å². The number of aromatic nitrogens is 2. The molecule has 2 aliphatic rings. The number of hydrogen-bond acceptors (Lipinski definition) is 4. The number of rotatable bonds is 4. The van der Waals surface area contributed by atoms with Gasteiger partial charge in [0.15, 0.2) is 0 Å². The molecule has 0 radical (unpaired) electrons. The zero-order valence-corrected chi connectivity index (χ0v) is 17.0. The molecule has 0 bridgehead atoms. The van der Waals surface area contributed by atoms with E-state index >= 15 is 0 Å². The van der Waals surface area contributed by atoms with Gasteiger partial charge in [-0.2, -0.15) is 0 Å². The molecule has 2 aromatic carbocycles. The standard InChI is InChI=1S/C25H26N4O/c30-25(23(18-7-3-1-4-8-18)19-9-5-2-6-10-19)29-14-12-22-21(17-29)16-27-24(28-22)20-11-13-26-15-20/h1-10,16,20,23,26H,11-15,17H2/t20-/m1/s1. The lowest BCUT2D eigenvalue weighted by atomic mass is 9.89. The number of hydrogen-bond donors (Lipinski definition) is 1. The molecule has 1 atom stereocenters. The van der Waals surface area contributed by atoms with Crippen LogP contribution in [0.3, 0.4) is 0 Å². The summed E-state index contributed by atoms with van der Waals surface area (Å²) in [6.45, 7) is 3.27. The first-order chi connectivity index (χ1) is 14.8. The average molecular weight is 399 g/mol. The number of fused-ring (bicyclic) bond motifs is 1. The van der Waals surface area contributed by atoms with E-state index < -0.39 is 0 Å². The summed E-state index contributed by atoms with van der Waals surface area (Å²) < 4.78 is 0. The molecule has 0 saturated carbocycles. The van der Waals surface area contributed by atoms with Crippen molar-refractivity contribution in [2.24, 2.45) is 0 Å². The molecular formula is C25H26N4O. The van der Waals surface area contributed by atoms with Gasteiger partial charge in [-0.15, -0.1) is 0 Å². The van der Waals surface area contributed by atoms with Gasteiger partial charge >= 0.3 is 0 Å². The minimum absolute atomic E-state index is 0.141. The second-order valence-electron chi connectivity index (χ2n) is 8.15. The van der Waals surface area contributed by atoms with Gasteiger partial charge in [-0.1, -0.05) is 60.7 Å². The Morgan fingerprint density at radius 3 is 2.37 bits per heavy atom.